The van der Waals surface area contributed by atoms with E-state index in [1.807, 2.05) is 5.16 Å². The summed E-state index contributed by atoms with van der Waals surface area (Å²) in [6, 6.07) is 2.40. The minimum Gasteiger partial charge on any atom is -0.193 e. The van der Waals surface area contributed by atoms with Crippen molar-refractivity contribution in [3.8, 4) is 0 Å². The van der Waals surface area contributed by atoms with Gasteiger partial charge in [0, 0.05) is 8.95 Å². The fourth-order valence-corrected chi connectivity index (χ4v) is 2.35. The Kier molecular flexibility index (Phi) is 4.06. The molecule has 0 saturated heterocycles. The van der Waals surface area contributed by atoms with Crippen molar-refractivity contribution in [2.45, 2.75) is 6.18 Å². The highest BCUT2D eigenvalue weighted by Crippen LogP contribution is 2.42. The Balaban J connectivity index is 3.54. The van der Waals surface area contributed by atoms with Gasteiger partial charge in [-0.25, -0.2) is 0 Å². The minimum atomic E-state index is -4.47. The molecular weight excluding hydrogens is 359 g/mol. The smallest absolute Gasteiger partial charge is 0.193 e. The highest BCUT2D eigenvalue weighted by Gasteiger charge is 2.34. The van der Waals surface area contributed by atoms with Crippen LogP contribution >= 0.6 is 44.1 Å². The molecule has 0 aromatic heterocycles. The van der Waals surface area contributed by atoms with E-state index in [-0.39, 0.29) is 10.2 Å². The quantitative estimate of drug-likeness (QED) is 0.509. The van der Waals surface area contributed by atoms with Crippen molar-refractivity contribution >= 4 is 54.9 Å². The molecule has 0 unspecified atom stereocenters. The first-order valence-corrected chi connectivity index (χ1v) is 5.50. The Bertz CT molecular complexity index is 438. The molecule has 0 aliphatic rings. The summed E-state index contributed by atoms with van der Waals surface area (Å²) in [6.45, 7) is 0. The van der Waals surface area contributed by atoms with Crippen LogP contribution in [0.25, 0.3) is 0 Å². The monoisotopic (exact) mass is 359 g/mol. The molecule has 0 heterocycles. The third-order valence-corrected chi connectivity index (χ3v) is 2.64. The number of hydrogen-bond donors (Lipinski definition) is 0. The minimum absolute atomic E-state index is 0.210. The third kappa shape index (κ3) is 3.11. The summed E-state index contributed by atoms with van der Waals surface area (Å²) in [6.07, 6.45) is -4.47. The van der Waals surface area contributed by atoms with Crippen LogP contribution in [0.2, 0.25) is 0 Å². The van der Waals surface area contributed by atoms with Crippen LogP contribution in [0, 0.1) is 0 Å². The second kappa shape index (κ2) is 4.74. The van der Waals surface area contributed by atoms with Gasteiger partial charge in [0.05, 0.1) is 10.7 Å². The Hall–Kier alpha value is -0.230. The average molecular weight is 361 g/mol. The number of isothiocyanates is 1. The number of halogens is 5. The van der Waals surface area contributed by atoms with Gasteiger partial charge in [-0.15, -0.1) is 0 Å². The maximum Gasteiger partial charge on any atom is 0.418 e. The molecular formula is C8H2Br2F3NS. The van der Waals surface area contributed by atoms with Crippen molar-refractivity contribution < 1.29 is 13.2 Å². The second-order valence-corrected chi connectivity index (χ2v) is 4.44. The Labute approximate surface area is 106 Å². The SMILES string of the molecule is FC(F)(F)c1cc(Br)cc(Br)c1N=C=S. The molecule has 0 aliphatic carbocycles. The fraction of sp³-hybridized carbons (Fsp3) is 0.125. The van der Waals surface area contributed by atoms with Gasteiger partial charge >= 0.3 is 6.18 Å². The number of hydrogen-bond acceptors (Lipinski definition) is 2. The lowest BCUT2D eigenvalue weighted by Crippen LogP contribution is -2.05. The molecule has 0 radical (unpaired) electrons. The van der Waals surface area contributed by atoms with Crippen LogP contribution in [0.15, 0.2) is 26.1 Å². The number of thiocarbonyl (C=S) groups is 1. The lowest BCUT2D eigenvalue weighted by atomic mass is 10.2. The molecule has 0 spiro atoms. The average Bonchev–Trinajstić information content (AvgIpc) is 2.07. The third-order valence-electron chi connectivity index (χ3n) is 1.49. The predicted octanol–water partition coefficient (Wildman–Crippen LogP) is 4.96. The van der Waals surface area contributed by atoms with E-state index in [4.69, 9.17) is 0 Å². The van der Waals surface area contributed by atoms with Crippen LogP contribution in [0.3, 0.4) is 0 Å². The summed E-state index contributed by atoms with van der Waals surface area (Å²) in [5.41, 5.74) is -1.12. The van der Waals surface area contributed by atoms with Crippen molar-refractivity contribution in [1.29, 1.82) is 0 Å². The Morgan fingerprint density at radius 3 is 2.33 bits per heavy atom. The van der Waals surface area contributed by atoms with Crippen molar-refractivity contribution in [1.82, 2.24) is 0 Å². The summed E-state index contributed by atoms with van der Waals surface area (Å²) in [5, 5.41) is 1.92. The molecule has 0 atom stereocenters. The summed E-state index contributed by atoms with van der Waals surface area (Å²) in [4.78, 5) is 3.39. The standard InChI is InChI=1S/C8H2Br2F3NS/c9-4-1-5(8(11,12)13)7(14-3-15)6(10)2-4/h1-2H. The van der Waals surface area contributed by atoms with E-state index in [0.29, 0.717) is 4.47 Å². The Morgan fingerprint density at radius 1 is 1.27 bits per heavy atom. The highest BCUT2D eigenvalue weighted by atomic mass is 79.9. The van der Waals surface area contributed by atoms with E-state index in [1.54, 1.807) is 0 Å². The lowest BCUT2D eigenvalue weighted by molar-refractivity contribution is -0.137. The van der Waals surface area contributed by atoms with E-state index < -0.39 is 11.7 Å². The number of alkyl halides is 3. The van der Waals surface area contributed by atoms with Gasteiger partial charge < -0.3 is 0 Å². The molecule has 1 aromatic carbocycles. The number of aliphatic imine (C=N–C) groups is 1. The van der Waals surface area contributed by atoms with Crippen molar-refractivity contribution in [3.05, 3.63) is 26.6 Å². The fourth-order valence-electron chi connectivity index (χ4n) is 0.941. The summed E-state index contributed by atoms with van der Waals surface area (Å²) in [5.74, 6) is 0. The van der Waals surface area contributed by atoms with Gasteiger partial charge in [-0.3, -0.25) is 0 Å². The van der Waals surface area contributed by atoms with Crippen LogP contribution in [-0.2, 0) is 6.18 Å². The van der Waals surface area contributed by atoms with Gasteiger partial charge in [-0.2, -0.15) is 18.2 Å². The molecule has 80 valence electrons. The molecule has 0 N–H and O–H groups in total. The lowest BCUT2D eigenvalue weighted by Gasteiger charge is -2.10. The normalized spacial score (nSPS) is 11.0. The molecule has 1 aromatic rings. The maximum atomic E-state index is 12.6. The van der Waals surface area contributed by atoms with E-state index >= 15 is 0 Å². The van der Waals surface area contributed by atoms with Gasteiger partial charge in [-0.05, 0) is 40.3 Å². The molecule has 0 fully saturated rings. The largest absolute Gasteiger partial charge is 0.418 e. The van der Waals surface area contributed by atoms with Crippen molar-refractivity contribution in [3.63, 3.8) is 0 Å². The Morgan fingerprint density at radius 2 is 1.87 bits per heavy atom. The summed E-state index contributed by atoms with van der Waals surface area (Å²) in [7, 11) is 0. The molecule has 0 saturated carbocycles. The van der Waals surface area contributed by atoms with Gasteiger partial charge in [0.1, 0.15) is 5.69 Å². The van der Waals surface area contributed by atoms with Crippen molar-refractivity contribution in [2.75, 3.05) is 0 Å². The molecule has 1 rings (SSSR count). The van der Waals surface area contributed by atoms with Crippen LogP contribution in [0.5, 0.6) is 0 Å². The first-order chi connectivity index (χ1) is 6.86. The van der Waals surface area contributed by atoms with E-state index in [1.165, 1.54) is 6.07 Å². The molecule has 0 aliphatic heterocycles. The number of rotatable bonds is 1. The molecule has 1 nitrogen and oxygen atoms in total. The van der Waals surface area contributed by atoms with Crippen LogP contribution < -0.4 is 0 Å². The first-order valence-electron chi connectivity index (χ1n) is 3.50. The molecule has 7 heteroatoms. The maximum absolute atomic E-state index is 12.6. The van der Waals surface area contributed by atoms with Crippen LogP contribution in [0.1, 0.15) is 5.56 Å². The van der Waals surface area contributed by atoms with Gasteiger partial charge in [0.15, 0.2) is 0 Å². The predicted molar refractivity (Wildman–Crippen MR) is 61.5 cm³/mol. The van der Waals surface area contributed by atoms with Gasteiger partial charge in [-0.1, -0.05) is 15.9 Å². The van der Waals surface area contributed by atoms with Crippen molar-refractivity contribution in [2.24, 2.45) is 4.99 Å². The van der Waals surface area contributed by atoms with Gasteiger partial charge in [0.25, 0.3) is 0 Å². The zero-order chi connectivity index (χ0) is 11.6. The summed E-state index contributed by atoms with van der Waals surface area (Å²) >= 11 is 10.2. The second-order valence-electron chi connectivity index (χ2n) is 2.48. The van der Waals surface area contributed by atoms with Crippen LogP contribution in [-0.4, -0.2) is 5.16 Å². The zero-order valence-corrected chi connectivity index (χ0v) is 10.9. The highest BCUT2D eigenvalue weighted by molar-refractivity contribution is 9.11. The van der Waals surface area contributed by atoms with E-state index in [0.717, 1.165) is 6.07 Å². The first kappa shape index (κ1) is 12.8. The number of nitrogens with zero attached hydrogens (tertiary/aromatic N) is 1. The summed E-state index contributed by atoms with van der Waals surface area (Å²) < 4.78 is 38.2. The molecule has 0 bridgehead atoms. The zero-order valence-electron chi connectivity index (χ0n) is 6.90. The molecule has 0 amide bonds. The van der Waals surface area contributed by atoms with Gasteiger partial charge in [0.2, 0.25) is 0 Å². The topological polar surface area (TPSA) is 12.4 Å². The molecule has 15 heavy (non-hydrogen) atoms. The van der Waals surface area contributed by atoms with E-state index in [9.17, 15) is 13.2 Å². The number of benzene rings is 1. The van der Waals surface area contributed by atoms with E-state index in [2.05, 4.69) is 49.1 Å². The van der Waals surface area contributed by atoms with Crippen LogP contribution in [0.4, 0.5) is 18.9 Å².